The van der Waals surface area contributed by atoms with Crippen LogP contribution in [0.15, 0.2) is 12.7 Å². The lowest BCUT2D eigenvalue weighted by molar-refractivity contribution is 0.0300. The zero-order valence-corrected chi connectivity index (χ0v) is 11.5. The number of nitrogens with one attached hydrogen (secondary N) is 1. The Hall–Kier alpha value is -0.340. The van der Waals surface area contributed by atoms with Crippen LogP contribution >= 0.6 is 0 Å². The molecule has 1 saturated carbocycles. The first-order valence-electron chi connectivity index (χ1n) is 7.30. The Bertz CT molecular complexity index is 235. The third-order valence-electron chi connectivity index (χ3n) is 4.56. The predicted octanol–water partition coefficient (Wildman–Crippen LogP) is 2.66. The molecule has 2 aliphatic rings. The summed E-state index contributed by atoms with van der Waals surface area (Å²) in [5.74, 6) is 1.77. The van der Waals surface area contributed by atoms with E-state index >= 15 is 0 Å². The summed E-state index contributed by atoms with van der Waals surface area (Å²) in [5, 5.41) is 3.79. The summed E-state index contributed by atoms with van der Waals surface area (Å²) in [5.41, 5.74) is 0. The Morgan fingerprint density at radius 3 is 2.47 bits per heavy atom. The van der Waals surface area contributed by atoms with Crippen molar-refractivity contribution in [1.82, 2.24) is 10.2 Å². The molecule has 17 heavy (non-hydrogen) atoms. The van der Waals surface area contributed by atoms with Crippen LogP contribution in [0.5, 0.6) is 0 Å². The van der Waals surface area contributed by atoms with Crippen molar-refractivity contribution in [2.45, 2.75) is 51.6 Å². The molecule has 0 aromatic carbocycles. The third kappa shape index (κ3) is 3.11. The Morgan fingerprint density at radius 2 is 1.94 bits per heavy atom. The van der Waals surface area contributed by atoms with Crippen LogP contribution in [-0.2, 0) is 0 Å². The Kier molecular flexibility index (Phi) is 4.63. The first-order chi connectivity index (χ1) is 8.22. The molecule has 1 N–H and O–H groups in total. The normalized spacial score (nSPS) is 33.9. The van der Waals surface area contributed by atoms with Gasteiger partial charge in [0.05, 0.1) is 0 Å². The lowest BCUT2D eigenvalue weighted by Gasteiger charge is -2.49. The van der Waals surface area contributed by atoms with Crippen molar-refractivity contribution in [3.8, 4) is 0 Å². The van der Waals surface area contributed by atoms with Crippen LogP contribution in [0.25, 0.3) is 0 Å². The molecule has 1 aliphatic carbocycles. The van der Waals surface area contributed by atoms with E-state index in [1.54, 1.807) is 0 Å². The maximum Gasteiger partial charge on any atom is 0.0148 e. The van der Waals surface area contributed by atoms with Gasteiger partial charge in [0.1, 0.15) is 0 Å². The Morgan fingerprint density at radius 1 is 1.29 bits per heavy atom. The van der Waals surface area contributed by atoms with Crippen molar-refractivity contribution >= 4 is 0 Å². The number of nitrogens with zero attached hydrogens (tertiary/aromatic N) is 1. The van der Waals surface area contributed by atoms with Crippen molar-refractivity contribution in [3.63, 3.8) is 0 Å². The molecule has 2 heteroatoms. The maximum absolute atomic E-state index is 3.80. The summed E-state index contributed by atoms with van der Waals surface area (Å²) in [7, 11) is 0. The van der Waals surface area contributed by atoms with Crippen molar-refractivity contribution < 1.29 is 0 Å². The highest BCUT2D eigenvalue weighted by molar-refractivity contribution is 4.95. The largest absolute Gasteiger partial charge is 0.313 e. The van der Waals surface area contributed by atoms with Gasteiger partial charge in [-0.3, -0.25) is 0 Å². The average Bonchev–Trinajstić information content (AvgIpc) is 2.28. The monoisotopic (exact) mass is 236 g/mol. The molecular weight excluding hydrogens is 208 g/mol. The number of hydrogen-bond donors (Lipinski definition) is 1. The van der Waals surface area contributed by atoms with E-state index in [0.29, 0.717) is 6.04 Å². The summed E-state index contributed by atoms with van der Waals surface area (Å²) in [6, 6.07) is 1.49. The molecule has 2 bridgehead atoms. The fraction of sp³-hybridized carbons (Fsp3) is 0.867. The molecule has 0 amide bonds. The maximum atomic E-state index is 3.80. The van der Waals surface area contributed by atoms with Crippen LogP contribution in [0.4, 0.5) is 0 Å². The van der Waals surface area contributed by atoms with Gasteiger partial charge in [0.25, 0.3) is 0 Å². The zero-order chi connectivity index (χ0) is 12.3. The summed E-state index contributed by atoms with van der Waals surface area (Å²) >= 11 is 0. The molecule has 1 aliphatic heterocycles. The van der Waals surface area contributed by atoms with Gasteiger partial charge in [-0.05, 0) is 51.5 Å². The Labute approximate surface area is 106 Å². The van der Waals surface area contributed by atoms with Gasteiger partial charge < -0.3 is 10.2 Å². The molecule has 2 fully saturated rings. The van der Waals surface area contributed by atoms with Crippen LogP contribution in [-0.4, -0.2) is 36.6 Å². The second-order valence-corrected chi connectivity index (χ2v) is 6.06. The van der Waals surface area contributed by atoms with Gasteiger partial charge in [-0.25, -0.2) is 0 Å². The molecule has 2 atom stereocenters. The topological polar surface area (TPSA) is 15.3 Å². The van der Waals surface area contributed by atoms with Crippen molar-refractivity contribution in [2.24, 2.45) is 11.8 Å². The van der Waals surface area contributed by atoms with E-state index in [1.807, 2.05) is 6.08 Å². The first-order valence-corrected chi connectivity index (χ1v) is 7.30. The quantitative estimate of drug-likeness (QED) is 0.583. The number of piperidine rings is 1. The second-order valence-electron chi connectivity index (χ2n) is 6.06. The highest BCUT2D eigenvalue weighted by atomic mass is 15.2. The van der Waals surface area contributed by atoms with Crippen molar-refractivity contribution in [1.29, 1.82) is 0 Å². The van der Waals surface area contributed by atoms with Gasteiger partial charge >= 0.3 is 0 Å². The van der Waals surface area contributed by atoms with Gasteiger partial charge in [-0.15, -0.1) is 6.58 Å². The number of rotatable bonds is 5. The molecule has 0 spiro atoms. The van der Waals surface area contributed by atoms with Gasteiger partial charge in [0, 0.05) is 25.2 Å². The van der Waals surface area contributed by atoms with Crippen molar-refractivity contribution in [3.05, 3.63) is 12.7 Å². The second kappa shape index (κ2) is 6.01. The van der Waals surface area contributed by atoms with Crippen LogP contribution in [0, 0.1) is 11.8 Å². The van der Waals surface area contributed by atoms with E-state index in [-0.39, 0.29) is 0 Å². The van der Waals surface area contributed by atoms with E-state index in [0.717, 1.165) is 30.8 Å². The predicted molar refractivity (Wildman–Crippen MR) is 74.1 cm³/mol. The molecule has 2 unspecified atom stereocenters. The van der Waals surface area contributed by atoms with Crippen LogP contribution in [0.1, 0.15) is 39.5 Å². The van der Waals surface area contributed by atoms with Crippen LogP contribution < -0.4 is 5.32 Å². The van der Waals surface area contributed by atoms with Gasteiger partial charge in [-0.2, -0.15) is 0 Å². The summed E-state index contributed by atoms with van der Waals surface area (Å²) < 4.78 is 0. The standard InChI is InChI=1S/C15H28N2/c1-4-5-9-16-15-13-7-6-8-14(15)11-17(10-13)12(2)3/h4,12-16H,1,5-11H2,2-3H3. The minimum atomic E-state index is 0.715. The number of likely N-dealkylation sites (tertiary alicyclic amines) is 1. The SMILES string of the molecule is C=CCCNC1C2CCCC1CN(C(C)C)C2. The molecule has 98 valence electrons. The number of fused-ring (bicyclic) bond motifs is 2. The minimum Gasteiger partial charge on any atom is -0.313 e. The average molecular weight is 236 g/mol. The molecule has 1 heterocycles. The van der Waals surface area contributed by atoms with Crippen molar-refractivity contribution in [2.75, 3.05) is 19.6 Å². The molecule has 0 aromatic heterocycles. The highest BCUT2D eigenvalue weighted by Crippen LogP contribution is 2.35. The third-order valence-corrected chi connectivity index (χ3v) is 4.56. The van der Waals surface area contributed by atoms with Gasteiger partial charge in [0.2, 0.25) is 0 Å². The lowest BCUT2D eigenvalue weighted by atomic mass is 9.73. The molecule has 2 rings (SSSR count). The zero-order valence-electron chi connectivity index (χ0n) is 11.5. The molecule has 0 aromatic rings. The van der Waals surface area contributed by atoms with E-state index in [1.165, 1.54) is 32.4 Å². The Balaban J connectivity index is 1.92. The number of hydrogen-bond acceptors (Lipinski definition) is 2. The molecule has 1 saturated heterocycles. The molecule has 0 radical (unpaired) electrons. The summed E-state index contributed by atoms with van der Waals surface area (Å²) in [6.45, 7) is 12.2. The molecule has 2 nitrogen and oxygen atoms in total. The fourth-order valence-electron chi connectivity index (χ4n) is 3.58. The highest BCUT2D eigenvalue weighted by Gasteiger charge is 2.39. The summed E-state index contributed by atoms with van der Waals surface area (Å²) in [6.07, 6.45) is 7.41. The summed E-state index contributed by atoms with van der Waals surface area (Å²) in [4.78, 5) is 2.68. The molecular formula is C15H28N2. The van der Waals surface area contributed by atoms with Crippen LogP contribution in [0.2, 0.25) is 0 Å². The first kappa shape index (κ1) is 13.1. The van der Waals surface area contributed by atoms with Gasteiger partial charge in [-0.1, -0.05) is 12.5 Å². The minimum absolute atomic E-state index is 0.715. The van der Waals surface area contributed by atoms with Crippen LogP contribution in [0.3, 0.4) is 0 Å². The van der Waals surface area contributed by atoms with Gasteiger partial charge in [0.15, 0.2) is 0 Å². The van der Waals surface area contributed by atoms with E-state index in [2.05, 4.69) is 30.6 Å². The van der Waals surface area contributed by atoms with E-state index < -0.39 is 0 Å². The smallest absolute Gasteiger partial charge is 0.0148 e. The lowest BCUT2D eigenvalue weighted by Crippen LogP contribution is -2.58. The van der Waals surface area contributed by atoms with E-state index in [4.69, 9.17) is 0 Å². The fourth-order valence-corrected chi connectivity index (χ4v) is 3.58. The van der Waals surface area contributed by atoms with E-state index in [9.17, 15) is 0 Å².